The van der Waals surface area contributed by atoms with E-state index in [9.17, 15) is 12.8 Å². The van der Waals surface area contributed by atoms with Crippen LogP contribution in [0.4, 0.5) is 4.39 Å². The van der Waals surface area contributed by atoms with Crippen LogP contribution in [0.25, 0.3) is 10.4 Å². The Hall–Kier alpha value is -2.10. The van der Waals surface area contributed by atoms with E-state index < -0.39 is 10.0 Å². The Balaban J connectivity index is 1.34. The molecule has 2 N–H and O–H groups in total. The van der Waals surface area contributed by atoms with E-state index in [4.69, 9.17) is 0 Å². The van der Waals surface area contributed by atoms with E-state index >= 15 is 0 Å². The first-order chi connectivity index (χ1) is 15.5. The van der Waals surface area contributed by atoms with Crippen molar-refractivity contribution in [2.75, 3.05) is 26.2 Å². The number of sulfonamides is 1. The van der Waals surface area contributed by atoms with Crippen LogP contribution >= 0.6 is 11.3 Å². The second kappa shape index (κ2) is 10.7. The summed E-state index contributed by atoms with van der Waals surface area (Å²) in [6, 6.07) is 18.1. The van der Waals surface area contributed by atoms with Crippen molar-refractivity contribution in [3.63, 3.8) is 0 Å². The van der Waals surface area contributed by atoms with Crippen molar-refractivity contribution < 1.29 is 12.8 Å². The fourth-order valence-corrected chi connectivity index (χ4v) is 6.19. The molecule has 0 saturated carbocycles. The smallest absolute Gasteiger partial charge is 0.250 e. The summed E-state index contributed by atoms with van der Waals surface area (Å²) in [4.78, 5) is 3.21. The molecule has 0 atom stereocenters. The lowest BCUT2D eigenvalue weighted by Gasteiger charge is -2.14. The third-order valence-electron chi connectivity index (χ3n) is 5.55. The van der Waals surface area contributed by atoms with Gasteiger partial charge in [0.25, 0.3) is 0 Å². The number of hydrogen-bond donors (Lipinski definition) is 2. The predicted octanol–water partition coefficient (Wildman–Crippen LogP) is 4.22. The molecule has 0 spiro atoms. The fraction of sp³-hybridized carbons (Fsp3) is 0.333. The molecule has 32 heavy (non-hydrogen) atoms. The molecule has 2 aromatic carbocycles. The van der Waals surface area contributed by atoms with E-state index in [0.29, 0.717) is 23.8 Å². The monoisotopic (exact) mass is 473 g/mol. The number of benzene rings is 2. The average Bonchev–Trinajstić information content (AvgIpc) is 3.48. The van der Waals surface area contributed by atoms with Gasteiger partial charge >= 0.3 is 0 Å². The summed E-state index contributed by atoms with van der Waals surface area (Å²) in [6.45, 7) is 4.62. The Morgan fingerprint density at radius 3 is 2.47 bits per heavy atom. The maximum atomic E-state index is 13.0. The normalized spacial score (nSPS) is 14.8. The van der Waals surface area contributed by atoms with Gasteiger partial charge in [-0.2, -0.15) is 0 Å². The molecule has 8 heteroatoms. The third kappa shape index (κ3) is 6.24. The van der Waals surface area contributed by atoms with Gasteiger partial charge in [-0.05, 0) is 73.0 Å². The summed E-state index contributed by atoms with van der Waals surface area (Å²) < 4.78 is 41.4. The molecule has 0 bridgehead atoms. The summed E-state index contributed by atoms with van der Waals surface area (Å²) in [6.07, 6.45) is 2.39. The van der Waals surface area contributed by atoms with Crippen molar-refractivity contribution in [3.05, 3.63) is 77.6 Å². The summed E-state index contributed by atoms with van der Waals surface area (Å²) >= 11 is 1.29. The number of thiophene rings is 1. The van der Waals surface area contributed by atoms with Gasteiger partial charge < -0.3 is 10.2 Å². The molecule has 4 rings (SSSR count). The number of halogens is 1. The lowest BCUT2D eigenvalue weighted by atomic mass is 10.1. The van der Waals surface area contributed by atoms with E-state index in [1.807, 2.05) is 24.3 Å². The second-order valence-electron chi connectivity index (χ2n) is 8.00. The van der Waals surface area contributed by atoms with Gasteiger partial charge in [-0.1, -0.05) is 30.3 Å². The summed E-state index contributed by atoms with van der Waals surface area (Å²) in [5, 5.41) is 3.36. The van der Waals surface area contributed by atoms with Crippen molar-refractivity contribution in [3.8, 4) is 10.4 Å². The lowest BCUT2D eigenvalue weighted by Crippen LogP contribution is -2.33. The van der Waals surface area contributed by atoms with Gasteiger partial charge in [0.15, 0.2) is 0 Å². The zero-order valence-electron chi connectivity index (χ0n) is 17.9. The number of rotatable bonds is 10. The molecule has 1 aliphatic heterocycles. The first-order valence-electron chi connectivity index (χ1n) is 10.9. The van der Waals surface area contributed by atoms with Crippen molar-refractivity contribution in [2.45, 2.75) is 30.1 Å². The van der Waals surface area contributed by atoms with E-state index in [2.05, 4.69) is 21.0 Å². The highest BCUT2D eigenvalue weighted by molar-refractivity contribution is 7.91. The molecule has 0 unspecified atom stereocenters. The molecule has 170 valence electrons. The molecule has 1 saturated heterocycles. The Bertz CT molecular complexity index is 1120. The van der Waals surface area contributed by atoms with Crippen LogP contribution in [0, 0.1) is 5.82 Å². The molecule has 3 aromatic rings. The Kier molecular flexibility index (Phi) is 7.70. The molecular formula is C24H28FN3O2S2. The van der Waals surface area contributed by atoms with Crippen LogP contribution in [0.5, 0.6) is 0 Å². The quantitative estimate of drug-likeness (QED) is 0.463. The van der Waals surface area contributed by atoms with Crippen molar-refractivity contribution in [1.82, 2.24) is 14.9 Å². The van der Waals surface area contributed by atoms with Crippen molar-refractivity contribution in [2.24, 2.45) is 0 Å². The van der Waals surface area contributed by atoms with Gasteiger partial charge in [-0.15, -0.1) is 11.3 Å². The SMILES string of the molecule is O=S(=O)(NCCN1CCCC1)c1ccc(-c2cccc(CNCc3ccc(F)cc3)c2)s1. The largest absolute Gasteiger partial charge is 0.309 e. The topological polar surface area (TPSA) is 61.4 Å². The van der Waals surface area contributed by atoms with E-state index in [-0.39, 0.29) is 5.82 Å². The molecule has 0 amide bonds. The van der Waals surface area contributed by atoms with Crippen LogP contribution in [-0.2, 0) is 23.1 Å². The van der Waals surface area contributed by atoms with Gasteiger partial charge in [0.1, 0.15) is 10.0 Å². The predicted molar refractivity (Wildman–Crippen MR) is 128 cm³/mol. The van der Waals surface area contributed by atoms with Gasteiger partial charge in [-0.3, -0.25) is 0 Å². The minimum atomic E-state index is -3.49. The lowest BCUT2D eigenvalue weighted by molar-refractivity contribution is 0.344. The summed E-state index contributed by atoms with van der Waals surface area (Å²) in [7, 11) is -3.49. The van der Waals surface area contributed by atoms with Crippen LogP contribution in [0.2, 0.25) is 0 Å². The first-order valence-corrected chi connectivity index (χ1v) is 13.2. The number of nitrogens with zero attached hydrogens (tertiary/aromatic N) is 1. The highest BCUT2D eigenvalue weighted by Crippen LogP contribution is 2.31. The van der Waals surface area contributed by atoms with Crippen LogP contribution in [0.1, 0.15) is 24.0 Å². The van der Waals surface area contributed by atoms with Gasteiger partial charge in [0, 0.05) is 31.1 Å². The number of nitrogens with one attached hydrogen (secondary N) is 2. The first kappa shape index (κ1) is 23.1. The van der Waals surface area contributed by atoms with Crippen molar-refractivity contribution in [1.29, 1.82) is 0 Å². The fourth-order valence-electron chi connectivity index (χ4n) is 3.82. The van der Waals surface area contributed by atoms with Crippen LogP contribution < -0.4 is 10.0 Å². The van der Waals surface area contributed by atoms with Crippen LogP contribution in [-0.4, -0.2) is 39.5 Å². The maximum Gasteiger partial charge on any atom is 0.250 e. The molecule has 1 aromatic heterocycles. The Morgan fingerprint density at radius 1 is 0.938 bits per heavy atom. The van der Waals surface area contributed by atoms with E-state index in [1.54, 1.807) is 18.2 Å². The molecule has 0 radical (unpaired) electrons. The van der Waals surface area contributed by atoms with E-state index in [1.165, 1.54) is 36.3 Å². The van der Waals surface area contributed by atoms with Gasteiger partial charge in [-0.25, -0.2) is 17.5 Å². The second-order valence-corrected chi connectivity index (χ2v) is 11.1. The highest BCUT2D eigenvalue weighted by Gasteiger charge is 2.18. The maximum absolute atomic E-state index is 13.0. The number of likely N-dealkylation sites (tertiary alicyclic amines) is 1. The molecule has 0 aliphatic carbocycles. The van der Waals surface area contributed by atoms with Gasteiger partial charge in [0.2, 0.25) is 10.0 Å². The third-order valence-corrected chi connectivity index (χ3v) is 8.64. The Morgan fingerprint density at radius 2 is 1.69 bits per heavy atom. The molecular weight excluding hydrogens is 445 g/mol. The summed E-state index contributed by atoms with van der Waals surface area (Å²) in [5.74, 6) is -0.236. The number of hydrogen-bond acceptors (Lipinski definition) is 5. The molecule has 5 nitrogen and oxygen atoms in total. The zero-order valence-corrected chi connectivity index (χ0v) is 19.5. The average molecular weight is 474 g/mol. The van der Waals surface area contributed by atoms with Crippen LogP contribution in [0.15, 0.2) is 64.9 Å². The highest BCUT2D eigenvalue weighted by atomic mass is 32.2. The van der Waals surface area contributed by atoms with Gasteiger partial charge in [0.05, 0.1) is 0 Å². The van der Waals surface area contributed by atoms with Crippen LogP contribution in [0.3, 0.4) is 0 Å². The van der Waals surface area contributed by atoms with Crippen molar-refractivity contribution >= 4 is 21.4 Å². The minimum absolute atomic E-state index is 0.236. The van der Waals surface area contributed by atoms with E-state index in [0.717, 1.165) is 41.2 Å². The zero-order chi connectivity index (χ0) is 22.4. The molecule has 2 heterocycles. The molecule has 1 aliphatic rings. The Labute approximate surface area is 193 Å². The molecule has 1 fully saturated rings. The standard InChI is InChI=1S/C24H28FN3O2S2/c25-22-8-6-19(7-9-22)17-26-18-20-4-3-5-21(16-20)23-10-11-24(31-23)32(29,30)27-12-15-28-13-1-2-14-28/h3-11,16,26-27H,1-2,12-15,17-18H2. The minimum Gasteiger partial charge on any atom is -0.309 e. The summed E-state index contributed by atoms with van der Waals surface area (Å²) in [5.41, 5.74) is 3.12.